The van der Waals surface area contributed by atoms with E-state index in [4.69, 9.17) is 79.0 Å². The molecular weight excluding hydrogens is 945 g/mol. The molecule has 0 spiro atoms. The number of amides is 1. The topological polar surface area (TPSA) is 108 Å². The summed E-state index contributed by atoms with van der Waals surface area (Å²) in [6, 6.07) is 25.4. The normalized spacial score (nSPS) is 14.5. The highest BCUT2D eigenvalue weighted by atomic mass is 35.5. The van der Waals surface area contributed by atoms with Crippen LogP contribution in [0.5, 0.6) is 0 Å². The van der Waals surface area contributed by atoms with Crippen molar-refractivity contribution in [2.75, 3.05) is 6.54 Å². The lowest BCUT2D eigenvalue weighted by Gasteiger charge is -2.20. The van der Waals surface area contributed by atoms with Crippen LogP contribution >= 0.6 is 69.6 Å². The number of oxazole rings is 1. The number of carbonyl (C=O) groups is 2. The molecular formula is C50H46Cl6N6O3. The average molecular weight is 992 g/mol. The highest BCUT2D eigenvalue weighted by molar-refractivity contribution is 6.37. The molecule has 9 nitrogen and oxygen atoms in total. The van der Waals surface area contributed by atoms with Gasteiger partial charge in [-0.15, -0.1) is 0 Å². The van der Waals surface area contributed by atoms with Crippen LogP contribution in [0.3, 0.4) is 0 Å². The third kappa shape index (κ3) is 10.7. The monoisotopic (exact) mass is 988 g/mol. The Morgan fingerprint density at radius 1 is 0.631 bits per heavy atom. The molecule has 0 bridgehead atoms. The first-order valence-corrected chi connectivity index (χ1v) is 24.0. The molecule has 4 aromatic carbocycles. The molecule has 65 heavy (non-hydrogen) atoms. The summed E-state index contributed by atoms with van der Waals surface area (Å²) in [5, 5.41) is 6.07. The van der Waals surface area contributed by atoms with Gasteiger partial charge in [-0.1, -0.05) is 108 Å². The molecule has 0 aliphatic heterocycles. The number of Topliss-reactive ketones (excluding diaryl/α,β-unsaturated/α-hetero) is 1. The Hall–Kier alpha value is -4.61. The predicted molar refractivity (Wildman–Crippen MR) is 263 cm³/mol. The van der Waals surface area contributed by atoms with Gasteiger partial charge in [-0.05, 0) is 124 Å². The summed E-state index contributed by atoms with van der Waals surface area (Å²) < 4.78 is 10.1. The fourth-order valence-corrected chi connectivity index (χ4v) is 9.97. The lowest BCUT2D eigenvalue weighted by Crippen LogP contribution is -2.34. The zero-order valence-corrected chi connectivity index (χ0v) is 40.4. The predicted octanol–water partition coefficient (Wildman–Crippen LogP) is 15.2. The van der Waals surface area contributed by atoms with E-state index < -0.39 is 5.91 Å². The molecule has 2 fully saturated rings. The van der Waals surface area contributed by atoms with Gasteiger partial charge in [0.15, 0.2) is 5.78 Å². The summed E-state index contributed by atoms with van der Waals surface area (Å²) in [4.78, 5) is 39.8. The first-order valence-electron chi connectivity index (χ1n) is 21.7. The first kappa shape index (κ1) is 46.9. The number of nitrogens with zero attached hydrogens (tertiary/aromatic N) is 5. The highest BCUT2D eigenvalue weighted by Gasteiger charge is 2.27. The summed E-state index contributed by atoms with van der Waals surface area (Å²) >= 11 is 37.5. The first-order chi connectivity index (χ1) is 31.4. The maximum atomic E-state index is 13.1. The second-order valence-electron chi connectivity index (χ2n) is 16.5. The van der Waals surface area contributed by atoms with E-state index in [0.717, 1.165) is 66.9 Å². The smallest absolute Gasteiger partial charge is 0.272 e. The van der Waals surface area contributed by atoms with E-state index >= 15 is 0 Å². The van der Waals surface area contributed by atoms with Crippen molar-refractivity contribution in [3.05, 3.63) is 144 Å². The zero-order valence-electron chi connectivity index (χ0n) is 35.8. The van der Waals surface area contributed by atoms with Crippen molar-refractivity contribution in [1.29, 1.82) is 0 Å². The lowest BCUT2D eigenvalue weighted by atomic mass is 9.86. The molecule has 0 radical (unpaired) electrons. The van der Waals surface area contributed by atoms with E-state index in [1.165, 1.54) is 25.7 Å². The van der Waals surface area contributed by atoms with Gasteiger partial charge >= 0.3 is 0 Å². The van der Waals surface area contributed by atoms with Crippen molar-refractivity contribution in [2.45, 2.75) is 84.0 Å². The van der Waals surface area contributed by atoms with Gasteiger partial charge in [0.2, 0.25) is 5.89 Å². The minimum atomic E-state index is -0.393. The maximum absolute atomic E-state index is 13.1. The molecule has 2 aliphatic carbocycles. The van der Waals surface area contributed by atoms with Gasteiger partial charge in [-0.3, -0.25) is 18.7 Å². The summed E-state index contributed by atoms with van der Waals surface area (Å²) in [6.45, 7) is 3.83. The van der Waals surface area contributed by atoms with E-state index in [2.05, 4.69) is 15.3 Å². The number of nitrogens with one attached hydrogen (secondary N) is 1. The van der Waals surface area contributed by atoms with Crippen LogP contribution in [0.2, 0.25) is 30.1 Å². The molecule has 3 aromatic heterocycles. The largest absolute Gasteiger partial charge is 0.440 e. The maximum Gasteiger partial charge on any atom is 0.272 e. The standard InChI is InChI=1S/C25H24Cl3N3O2.C25H22Cl3N3O/c1-15-23(25(33)29-14-22(32)16-5-3-2-4-6-16)30-24(20-12-9-18(27)13-21(20)28)31(15)19-10-7-17(26)8-11-19;1-15-23(25-29-14-22(32-25)16-5-3-2-4-6-16)30-24(20-12-9-18(27)13-21(20)28)31(15)19-10-7-17(26)8-11-19/h7-13,16H,2-6,14H2,1H3,(H,29,33);7-14,16H,2-6H2,1H3. The second kappa shape index (κ2) is 20.9. The van der Waals surface area contributed by atoms with Crippen molar-refractivity contribution in [3.8, 4) is 45.7 Å². The summed E-state index contributed by atoms with van der Waals surface area (Å²) in [7, 11) is 0. The Kier molecular flexibility index (Phi) is 15.1. The number of halogens is 6. The van der Waals surface area contributed by atoms with Crippen molar-refractivity contribution in [3.63, 3.8) is 0 Å². The van der Waals surface area contributed by atoms with Crippen molar-refractivity contribution < 1.29 is 14.0 Å². The average Bonchev–Trinajstić information content (AvgIpc) is 4.03. The quantitative estimate of drug-likeness (QED) is 0.146. The second-order valence-corrected chi connectivity index (χ2v) is 19.1. The van der Waals surface area contributed by atoms with E-state index in [1.54, 1.807) is 36.4 Å². The highest BCUT2D eigenvalue weighted by Crippen LogP contribution is 2.39. The van der Waals surface area contributed by atoms with Gasteiger partial charge in [-0.25, -0.2) is 15.0 Å². The Balaban J connectivity index is 0.000000177. The Morgan fingerprint density at radius 2 is 1.12 bits per heavy atom. The zero-order chi connectivity index (χ0) is 45.8. The third-order valence-corrected chi connectivity index (χ3v) is 13.8. The summed E-state index contributed by atoms with van der Waals surface area (Å²) in [5.41, 5.74) is 5.58. The van der Waals surface area contributed by atoms with Crippen molar-refractivity contribution in [1.82, 2.24) is 29.4 Å². The Morgan fingerprint density at radius 3 is 1.66 bits per heavy atom. The number of carbonyl (C=O) groups excluding carboxylic acids is 2. The lowest BCUT2D eigenvalue weighted by molar-refractivity contribution is -0.122. The Bertz CT molecular complexity index is 2820. The molecule has 3 heterocycles. The molecule has 1 N–H and O–H groups in total. The summed E-state index contributed by atoms with van der Waals surface area (Å²) in [6.07, 6.45) is 13.1. The number of benzene rings is 4. The molecule has 9 rings (SSSR count). The minimum absolute atomic E-state index is 0.00772. The fourth-order valence-electron chi connectivity index (χ4n) is 8.73. The molecule has 0 unspecified atom stereocenters. The number of ketones is 1. The van der Waals surface area contributed by atoms with Crippen molar-refractivity contribution >= 4 is 81.3 Å². The van der Waals surface area contributed by atoms with Gasteiger partial charge in [0.05, 0.1) is 34.2 Å². The van der Waals surface area contributed by atoms with Crippen LogP contribution in [0, 0.1) is 19.8 Å². The van der Waals surface area contributed by atoms with Gasteiger partial charge in [-0.2, -0.15) is 0 Å². The molecule has 2 saturated carbocycles. The van der Waals surface area contributed by atoms with Gasteiger partial charge in [0.25, 0.3) is 5.91 Å². The van der Waals surface area contributed by atoms with E-state index in [9.17, 15) is 9.59 Å². The van der Waals surface area contributed by atoms with Crippen LogP contribution in [0.1, 0.15) is 97.8 Å². The molecule has 1 amide bonds. The van der Waals surface area contributed by atoms with E-state index in [0.29, 0.717) is 70.5 Å². The number of aromatic nitrogens is 5. The third-order valence-electron chi connectivity index (χ3n) is 12.2. The minimum Gasteiger partial charge on any atom is -0.440 e. The SMILES string of the molecule is Cc1c(-c2ncc(C3CCCCC3)o2)nc(-c2ccc(Cl)cc2Cl)n1-c1ccc(Cl)cc1.Cc1c(C(=O)NCC(=O)C2CCCCC2)nc(-c2ccc(Cl)cc2Cl)n1-c1ccc(Cl)cc1. The Labute approximate surface area is 408 Å². The molecule has 0 atom stereocenters. The van der Waals surface area contributed by atoms with Crippen LogP contribution in [0.4, 0.5) is 0 Å². The van der Waals surface area contributed by atoms with Crippen LogP contribution in [0.25, 0.3) is 45.7 Å². The number of hydrogen-bond acceptors (Lipinski definition) is 6. The van der Waals surface area contributed by atoms with Crippen LogP contribution in [0.15, 0.2) is 95.5 Å². The molecule has 7 aromatic rings. The summed E-state index contributed by atoms with van der Waals surface area (Å²) in [5.74, 6) is 2.84. The molecule has 336 valence electrons. The van der Waals surface area contributed by atoms with Crippen LogP contribution < -0.4 is 5.32 Å². The van der Waals surface area contributed by atoms with Gasteiger partial charge in [0, 0.05) is 54.4 Å². The molecule has 0 saturated heterocycles. The van der Waals surface area contributed by atoms with Gasteiger partial charge in [0.1, 0.15) is 28.8 Å². The number of rotatable bonds is 10. The van der Waals surface area contributed by atoms with Crippen LogP contribution in [-0.2, 0) is 4.79 Å². The number of hydrogen-bond donors (Lipinski definition) is 1. The van der Waals surface area contributed by atoms with E-state index in [1.807, 2.05) is 77.7 Å². The fraction of sp³-hybridized carbons (Fsp3) is 0.300. The molecule has 15 heteroatoms. The van der Waals surface area contributed by atoms with Crippen LogP contribution in [-0.4, -0.2) is 42.3 Å². The number of imidazole rings is 2. The molecule has 2 aliphatic rings. The van der Waals surface area contributed by atoms with Crippen molar-refractivity contribution in [2.24, 2.45) is 5.92 Å². The van der Waals surface area contributed by atoms with Gasteiger partial charge < -0.3 is 9.73 Å². The van der Waals surface area contributed by atoms with E-state index in [-0.39, 0.29) is 23.9 Å².